The standard InChI is InChI=1S/C25H25N5O4S/c1-16-3-5-17(6-4-16)15-34-20-8-7-18(14-21(20)32-2)13-19-22(26)30-24(27-23(19)31)35-25(28-30)29-9-11-33-12-10-29/h3-8,13-14,26H,9-12,15H2,1-2H3/b19-13-,26-22?. The molecular formula is C25H25N5O4S. The molecule has 1 fully saturated rings. The first kappa shape index (κ1) is 23.1. The second-order valence-corrected chi connectivity index (χ2v) is 9.12. The maximum absolute atomic E-state index is 12.8. The van der Waals surface area contributed by atoms with Crippen LogP contribution in [0.1, 0.15) is 16.7 Å². The fourth-order valence-electron chi connectivity index (χ4n) is 3.77. The first-order valence-corrected chi connectivity index (χ1v) is 12.0. The summed E-state index contributed by atoms with van der Waals surface area (Å²) < 4.78 is 16.9. The van der Waals surface area contributed by atoms with E-state index in [0.717, 1.165) is 23.8 Å². The van der Waals surface area contributed by atoms with E-state index < -0.39 is 5.91 Å². The molecule has 3 aliphatic heterocycles. The number of aryl methyl sites for hydroxylation is 1. The van der Waals surface area contributed by atoms with Crippen molar-refractivity contribution in [3.05, 3.63) is 64.7 Å². The molecule has 10 heteroatoms. The van der Waals surface area contributed by atoms with Crippen LogP contribution in [0.2, 0.25) is 0 Å². The third-order valence-electron chi connectivity index (χ3n) is 5.74. The Morgan fingerprint density at radius 2 is 1.89 bits per heavy atom. The second kappa shape index (κ2) is 9.93. The Hall–Kier alpha value is -3.63. The van der Waals surface area contributed by atoms with Crippen molar-refractivity contribution in [2.75, 3.05) is 33.4 Å². The zero-order valence-electron chi connectivity index (χ0n) is 19.5. The minimum absolute atomic E-state index is 0.00516. The number of carbonyl (C=O) groups is 1. The molecule has 1 amide bonds. The van der Waals surface area contributed by atoms with Crippen molar-refractivity contribution in [2.45, 2.75) is 13.5 Å². The average Bonchev–Trinajstić information content (AvgIpc) is 3.31. The highest BCUT2D eigenvalue weighted by Crippen LogP contribution is 2.32. The highest BCUT2D eigenvalue weighted by Gasteiger charge is 2.37. The number of hydrogen-bond donors (Lipinski definition) is 1. The summed E-state index contributed by atoms with van der Waals surface area (Å²) >= 11 is 1.30. The number of hydrazone groups is 1. The molecule has 0 spiro atoms. The lowest BCUT2D eigenvalue weighted by molar-refractivity contribution is -0.114. The quantitative estimate of drug-likeness (QED) is 0.639. The summed E-state index contributed by atoms with van der Waals surface area (Å²) in [4.78, 5) is 19.0. The van der Waals surface area contributed by atoms with E-state index in [2.05, 4.69) is 15.0 Å². The van der Waals surface area contributed by atoms with Gasteiger partial charge in [0.25, 0.3) is 5.91 Å². The van der Waals surface area contributed by atoms with Crippen molar-refractivity contribution in [3.8, 4) is 11.5 Å². The van der Waals surface area contributed by atoms with E-state index in [1.807, 2.05) is 37.3 Å². The average molecular weight is 492 g/mol. The van der Waals surface area contributed by atoms with E-state index in [9.17, 15) is 4.79 Å². The Bertz CT molecular complexity index is 1250. The number of morpholine rings is 1. The van der Waals surface area contributed by atoms with Crippen LogP contribution in [-0.2, 0) is 16.1 Å². The summed E-state index contributed by atoms with van der Waals surface area (Å²) in [5.74, 6) is 0.659. The molecular weight excluding hydrogens is 466 g/mol. The number of nitrogens with zero attached hydrogens (tertiary/aromatic N) is 4. The monoisotopic (exact) mass is 491 g/mol. The first-order chi connectivity index (χ1) is 17.0. The molecule has 0 bridgehead atoms. The Kier molecular flexibility index (Phi) is 6.56. The first-order valence-electron chi connectivity index (χ1n) is 11.2. The van der Waals surface area contributed by atoms with Crippen molar-refractivity contribution in [1.29, 1.82) is 5.41 Å². The molecule has 1 saturated heterocycles. The summed E-state index contributed by atoms with van der Waals surface area (Å²) in [6.45, 7) is 5.14. The van der Waals surface area contributed by atoms with Gasteiger partial charge in [0.15, 0.2) is 22.5 Å². The number of nitrogens with one attached hydrogen (secondary N) is 1. The molecule has 0 atom stereocenters. The van der Waals surface area contributed by atoms with Crippen LogP contribution in [0.15, 0.2) is 58.1 Å². The second-order valence-electron chi connectivity index (χ2n) is 8.19. The third kappa shape index (κ3) is 4.94. The molecule has 1 N–H and O–H groups in total. The number of methoxy groups -OCH3 is 1. The van der Waals surface area contributed by atoms with Crippen molar-refractivity contribution >= 4 is 39.9 Å². The highest BCUT2D eigenvalue weighted by molar-refractivity contribution is 8.26. The molecule has 180 valence electrons. The zero-order chi connectivity index (χ0) is 24.4. The van der Waals surface area contributed by atoms with Crippen LogP contribution < -0.4 is 9.47 Å². The zero-order valence-corrected chi connectivity index (χ0v) is 20.3. The van der Waals surface area contributed by atoms with Gasteiger partial charge in [-0.15, -0.1) is 5.10 Å². The molecule has 9 nitrogen and oxygen atoms in total. The molecule has 0 radical (unpaired) electrons. The van der Waals surface area contributed by atoms with Crippen molar-refractivity contribution < 1.29 is 19.0 Å². The van der Waals surface area contributed by atoms with Gasteiger partial charge in [0, 0.05) is 13.1 Å². The van der Waals surface area contributed by atoms with Crippen LogP contribution in [0.3, 0.4) is 0 Å². The van der Waals surface area contributed by atoms with Gasteiger partial charge in [0.05, 0.1) is 25.9 Å². The van der Waals surface area contributed by atoms with Crippen molar-refractivity contribution in [3.63, 3.8) is 0 Å². The minimum Gasteiger partial charge on any atom is -0.493 e. The Balaban J connectivity index is 1.34. The lowest BCUT2D eigenvalue weighted by atomic mass is 10.1. The van der Waals surface area contributed by atoms with Crippen LogP contribution in [0, 0.1) is 12.3 Å². The van der Waals surface area contributed by atoms with E-state index in [4.69, 9.17) is 19.6 Å². The molecule has 0 saturated carbocycles. The van der Waals surface area contributed by atoms with Gasteiger partial charge in [0.2, 0.25) is 5.17 Å². The molecule has 35 heavy (non-hydrogen) atoms. The van der Waals surface area contributed by atoms with E-state index in [0.29, 0.717) is 42.1 Å². The smallest absolute Gasteiger partial charge is 0.283 e. The van der Waals surface area contributed by atoms with E-state index in [1.165, 1.54) is 22.3 Å². The Labute approximate surface area is 207 Å². The van der Waals surface area contributed by atoms with Gasteiger partial charge >= 0.3 is 0 Å². The molecule has 0 aliphatic carbocycles. The van der Waals surface area contributed by atoms with Crippen LogP contribution in [0.25, 0.3) is 6.08 Å². The molecule has 2 aromatic rings. The summed E-state index contributed by atoms with van der Waals surface area (Å²) in [5.41, 5.74) is 3.11. The maximum Gasteiger partial charge on any atom is 0.283 e. The summed E-state index contributed by atoms with van der Waals surface area (Å²) in [7, 11) is 1.57. The molecule has 0 aromatic heterocycles. The van der Waals surface area contributed by atoms with Crippen molar-refractivity contribution in [1.82, 2.24) is 9.91 Å². The van der Waals surface area contributed by atoms with E-state index >= 15 is 0 Å². The van der Waals surface area contributed by atoms with E-state index in [-0.39, 0.29) is 11.4 Å². The minimum atomic E-state index is -0.467. The van der Waals surface area contributed by atoms with Gasteiger partial charge in [-0.2, -0.15) is 10.0 Å². The van der Waals surface area contributed by atoms with Gasteiger partial charge in [0.1, 0.15) is 6.61 Å². The van der Waals surface area contributed by atoms with E-state index in [1.54, 1.807) is 25.3 Å². The van der Waals surface area contributed by atoms with Gasteiger partial charge < -0.3 is 19.1 Å². The SMILES string of the molecule is COc1cc(/C=C2/C(=N)N3N=C(N4CCOCC4)SC3=NC2=O)ccc1OCc1ccc(C)cc1. The van der Waals surface area contributed by atoms with Gasteiger partial charge in [-0.1, -0.05) is 35.9 Å². The number of rotatable bonds is 5. The number of carbonyl (C=O) groups excluding carboxylic acids is 1. The summed E-state index contributed by atoms with van der Waals surface area (Å²) in [6, 6.07) is 13.5. The molecule has 5 rings (SSSR count). The number of ether oxygens (including phenoxy) is 3. The van der Waals surface area contributed by atoms with Gasteiger partial charge in [-0.25, -0.2) is 0 Å². The molecule has 2 aromatic carbocycles. The fourth-order valence-corrected chi connectivity index (χ4v) is 4.71. The number of amides is 1. The Morgan fingerprint density at radius 1 is 1.11 bits per heavy atom. The summed E-state index contributed by atoms with van der Waals surface area (Å²) in [5, 5.41) is 15.7. The fraction of sp³-hybridized carbons (Fsp3) is 0.280. The lowest BCUT2D eigenvalue weighted by Crippen LogP contribution is -2.39. The Morgan fingerprint density at radius 3 is 2.63 bits per heavy atom. The number of amidine groups is 3. The van der Waals surface area contributed by atoms with Crippen LogP contribution >= 0.6 is 11.8 Å². The lowest BCUT2D eigenvalue weighted by Gasteiger charge is -2.26. The third-order valence-corrected chi connectivity index (χ3v) is 6.71. The number of benzene rings is 2. The largest absolute Gasteiger partial charge is 0.493 e. The van der Waals surface area contributed by atoms with Crippen LogP contribution in [-0.4, -0.2) is 65.4 Å². The number of hydrogen-bond acceptors (Lipinski definition) is 8. The van der Waals surface area contributed by atoms with Crippen molar-refractivity contribution in [2.24, 2.45) is 10.1 Å². The normalized spacial score (nSPS) is 19.0. The molecule has 3 aliphatic rings. The highest BCUT2D eigenvalue weighted by atomic mass is 32.2. The van der Waals surface area contributed by atoms with Gasteiger partial charge in [-0.3, -0.25) is 10.2 Å². The number of fused-ring (bicyclic) bond motifs is 1. The predicted molar refractivity (Wildman–Crippen MR) is 136 cm³/mol. The number of thioether (sulfide) groups is 1. The number of aliphatic imine (C=N–C) groups is 1. The molecule has 3 heterocycles. The molecule has 0 unspecified atom stereocenters. The predicted octanol–water partition coefficient (Wildman–Crippen LogP) is 3.49. The topological polar surface area (TPSA) is 99.8 Å². The van der Waals surface area contributed by atoms with Crippen LogP contribution in [0.4, 0.5) is 0 Å². The van der Waals surface area contributed by atoms with Crippen LogP contribution in [0.5, 0.6) is 11.5 Å². The van der Waals surface area contributed by atoms with Gasteiger partial charge in [-0.05, 0) is 48.0 Å². The summed E-state index contributed by atoms with van der Waals surface area (Å²) in [6.07, 6.45) is 1.63. The maximum atomic E-state index is 12.8.